The van der Waals surface area contributed by atoms with Crippen molar-refractivity contribution in [3.63, 3.8) is 0 Å². The Bertz CT molecular complexity index is 152. The van der Waals surface area contributed by atoms with Crippen LogP contribution in [0.15, 0.2) is 0 Å². The highest BCUT2D eigenvalue weighted by Gasteiger charge is 2.34. The molecule has 0 aromatic carbocycles. The van der Waals surface area contributed by atoms with E-state index >= 15 is 0 Å². The zero-order valence-electron chi connectivity index (χ0n) is 9.80. The van der Waals surface area contributed by atoms with Crippen molar-refractivity contribution in [2.75, 3.05) is 40.3 Å². The molecule has 1 rings (SSSR count). The lowest BCUT2D eigenvalue weighted by molar-refractivity contribution is 0.0213. The van der Waals surface area contributed by atoms with Gasteiger partial charge >= 0.3 is 0 Å². The minimum Gasteiger partial charge on any atom is -0.308 e. The van der Waals surface area contributed by atoms with Crippen molar-refractivity contribution in [3.05, 3.63) is 0 Å². The minimum absolute atomic E-state index is 0.509. The zero-order valence-corrected chi connectivity index (χ0v) is 9.80. The first-order valence-corrected chi connectivity index (χ1v) is 5.26. The molecule has 0 radical (unpaired) electrons. The van der Waals surface area contributed by atoms with Gasteiger partial charge in [0.15, 0.2) is 0 Å². The fourth-order valence-corrected chi connectivity index (χ4v) is 1.64. The number of likely N-dealkylation sites (tertiary alicyclic amines) is 1. The van der Waals surface area contributed by atoms with E-state index in [2.05, 4.69) is 44.7 Å². The van der Waals surface area contributed by atoms with Crippen LogP contribution in [0.4, 0.5) is 0 Å². The molecule has 0 N–H and O–H groups in total. The van der Waals surface area contributed by atoms with Crippen LogP contribution in [0.1, 0.15) is 20.8 Å². The van der Waals surface area contributed by atoms with Crippen molar-refractivity contribution < 1.29 is 0 Å². The molecule has 0 aliphatic carbocycles. The van der Waals surface area contributed by atoms with Crippen LogP contribution in [0.25, 0.3) is 0 Å². The van der Waals surface area contributed by atoms with Crippen molar-refractivity contribution in [3.8, 4) is 0 Å². The van der Waals surface area contributed by atoms with Crippen molar-refractivity contribution in [1.82, 2.24) is 9.80 Å². The van der Waals surface area contributed by atoms with Crippen LogP contribution in [-0.2, 0) is 0 Å². The SMILES string of the molecule is CN(C)CCN1CC(C(C)(C)C)C1. The van der Waals surface area contributed by atoms with Gasteiger partial charge in [0, 0.05) is 26.2 Å². The van der Waals surface area contributed by atoms with E-state index in [0.29, 0.717) is 5.41 Å². The Morgan fingerprint density at radius 1 is 1.23 bits per heavy atom. The lowest BCUT2D eigenvalue weighted by Crippen LogP contribution is -2.53. The van der Waals surface area contributed by atoms with E-state index in [9.17, 15) is 0 Å². The number of nitrogens with zero attached hydrogens (tertiary/aromatic N) is 2. The first-order valence-electron chi connectivity index (χ1n) is 5.26. The maximum absolute atomic E-state index is 2.55. The van der Waals surface area contributed by atoms with Gasteiger partial charge in [0.2, 0.25) is 0 Å². The molecule has 1 heterocycles. The molecule has 2 nitrogen and oxygen atoms in total. The smallest absolute Gasteiger partial charge is 0.0109 e. The molecular weight excluding hydrogens is 160 g/mol. The van der Waals surface area contributed by atoms with Crippen LogP contribution in [0.3, 0.4) is 0 Å². The third-order valence-corrected chi connectivity index (χ3v) is 3.05. The fraction of sp³-hybridized carbons (Fsp3) is 1.00. The van der Waals surface area contributed by atoms with Crippen LogP contribution in [-0.4, -0.2) is 50.1 Å². The molecule has 1 fully saturated rings. The summed E-state index contributed by atoms with van der Waals surface area (Å²) in [6, 6.07) is 0. The van der Waals surface area contributed by atoms with Gasteiger partial charge in [-0.05, 0) is 25.4 Å². The molecule has 0 saturated carbocycles. The normalized spacial score (nSPS) is 20.8. The molecule has 0 amide bonds. The van der Waals surface area contributed by atoms with E-state index in [1.165, 1.54) is 26.2 Å². The van der Waals surface area contributed by atoms with Gasteiger partial charge in [0.25, 0.3) is 0 Å². The van der Waals surface area contributed by atoms with Gasteiger partial charge in [-0.15, -0.1) is 0 Å². The van der Waals surface area contributed by atoms with Crippen LogP contribution in [0.5, 0.6) is 0 Å². The van der Waals surface area contributed by atoms with Crippen LogP contribution < -0.4 is 0 Å². The largest absolute Gasteiger partial charge is 0.308 e. The third kappa shape index (κ3) is 3.28. The van der Waals surface area contributed by atoms with E-state index in [4.69, 9.17) is 0 Å². The van der Waals surface area contributed by atoms with Crippen LogP contribution >= 0.6 is 0 Å². The predicted molar refractivity (Wildman–Crippen MR) is 57.9 cm³/mol. The maximum Gasteiger partial charge on any atom is 0.0109 e. The molecule has 0 bridgehead atoms. The highest BCUT2D eigenvalue weighted by atomic mass is 15.2. The second-order valence-corrected chi connectivity index (χ2v) is 5.63. The van der Waals surface area contributed by atoms with E-state index in [1.54, 1.807) is 0 Å². The standard InChI is InChI=1S/C11H24N2/c1-11(2,3)10-8-13(9-10)7-6-12(4)5/h10H,6-9H2,1-5H3. The zero-order chi connectivity index (χ0) is 10.1. The summed E-state index contributed by atoms with van der Waals surface area (Å²) in [4.78, 5) is 4.81. The average molecular weight is 184 g/mol. The van der Waals surface area contributed by atoms with E-state index < -0.39 is 0 Å². The summed E-state index contributed by atoms with van der Waals surface area (Å²) in [7, 11) is 4.28. The van der Waals surface area contributed by atoms with E-state index in [0.717, 1.165) is 5.92 Å². The topological polar surface area (TPSA) is 6.48 Å². The molecule has 1 aliphatic heterocycles. The summed E-state index contributed by atoms with van der Waals surface area (Å²) in [6.07, 6.45) is 0. The highest BCUT2D eigenvalue weighted by Crippen LogP contribution is 2.33. The van der Waals surface area contributed by atoms with Crippen molar-refractivity contribution in [2.45, 2.75) is 20.8 Å². The van der Waals surface area contributed by atoms with Gasteiger partial charge in [-0.1, -0.05) is 20.8 Å². The maximum atomic E-state index is 2.55. The van der Waals surface area contributed by atoms with Gasteiger partial charge < -0.3 is 9.80 Å². The van der Waals surface area contributed by atoms with Gasteiger partial charge in [-0.3, -0.25) is 0 Å². The van der Waals surface area contributed by atoms with E-state index in [1.807, 2.05) is 0 Å². The predicted octanol–water partition coefficient (Wildman–Crippen LogP) is 1.53. The highest BCUT2D eigenvalue weighted by molar-refractivity contribution is 4.87. The fourth-order valence-electron chi connectivity index (χ4n) is 1.64. The Kier molecular flexibility index (Phi) is 3.36. The Labute approximate surface area is 82.9 Å². The number of hydrogen-bond donors (Lipinski definition) is 0. The molecular formula is C11H24N2. The number of likely N-dealkylation sites (N-methyl/N-ethyl adjacent to an activating group) is 1. The quantitative estimate of drug-likeness (QED) is 0.656. The third-order valence-electron chi connectivity index (χ3n) is 3.05. The molecule has 2 heteroatoms. The summed E-state index contributed by atoms with van der Waals surface area (Å²) >= 11 is 0. The van der Waals surface area contributed by atoms with Gasteiger partial charge in [0.05, 0.1) is 0 Å². The lowest BCUT2D eigenvalue weighted by atomic mass is 9.76. The summed E-state index contributed by atoms with van der Waals surface area (Å²) in [6.45, 7) is 12.1. The molecule has 0 atom stereocenters. The Balaban J connectivity index is 2.12. The van der Waals surface area contributed by atoms with Gasteiger partial charge in [0.1, 0.15) is 0 Å². The Morgan fingerprint density at radius 2 is 1.77 bits per heavy atom. The first kappa shape index (κ1) is 11.0. The van der Waals surface area contributed by atoms with Crippen molar-refractivity contribution >= 4 is 0 Å². The molecule has 1 saturated heterocycles. The number of rotatable bonds is 3. The Morgan fingerprint density at radius 3 is 2.15 bits per heavy atom. The van der Waals surface area contributed by atoms with Crippen LogP contribution in [0.2, 0.25) is 0 Å². The molecule has 0 aromatic heterocycles. The van der Waals surface area contributed by atoms with Gasteiger partial charge in [-0.25, -0.2) is 0 Å². The summed E-state index contributed by atoms with van der Waals surface area (Å²) in [5.41, 5.74) is 0.509. The monoisotopic (exact) mass is 184 g/mol. The molecule has 0 spiro atoms. The molecule has 0 aromatic rings. The summed E-state index contributed by atoms with van der Waals surface area (Å²) < 4.78 is 0. The molecule has 0 unspecified atom stereocenters. The Hall–Kier alpha value is -0.0800. The molecule has 1 aliphatic rings. The van der Waals surface area contributed by atoms with Crippen molar-refractivity contribution in [2.24, 2.45) is 11.3 Å². The van der Waals surface area contributed by atoms with Crippen LogP contribution in [0, 0.1) is 11.3 Å². The lowest BCUT2D eigenvalue weighted by Gasteiger charge is -2.46. The second kappa shape index (κ2) is 3.97. The second-order valence-electron chi connectivity index (χ2n) is 5.63. The minimum atomic E-state index is 0.509. The summed E-state index contributed by atoms with van der Waals surface area (Å²) in [5, 5.41) is 0. The first-order chi connectivity index (χ1) is 5.89. The molecule has 78 valence electrons. The van der Waals surface area contributed by atoms with Gasteiger partial charge in [-0.2, -0.15) is 0 Å². The van der Waals surface area contributed by atoms with E-state index in [-0.39, 0.29) is 0 Å². The molecule has 13 heavy (non-hydrogen) atoms. The van der Waals surface area contributed by atoms with Crippen molar-refractivity contribution in [1.29, 1.82) is 0 Å². The average Bonchev–Trinajstić information content (AvgIpc) is 1.79. The number of hydrogen-bond acceptors (Lipinski definition) is 2. The summed E-state index contributed by atoms with van der Waals surface area (Å²) in [5.74, 6) is 0.912.